The van der Waals surface area contributed by atoms with Gasteiger partial charge in [0.1, 0.15) is 4.90 Å². The van der Waals surface area contributed by atoms with E-state index in [0.29, 0.717) is 10.2 Å². The van der Waals surface area contributed by atoms with E-state index in [2.05, 4.69) is 41.6 Å². The van der Waals surface area contributed by atoms with Crippen molar-refractivity contribution in [1.29, 1.82) is 0 Å². The predicted molar refractivity (Wildman–Crippen MR) is 81.3 cm³/mol. The van der Waals surface area contributed by atoms with Crippen molar-refractivity contribution >= 4 is 53.3 Å². The highest BCUT2D eigenvalue weighted by molar-refractivity contribution is 9.11. The number of rotatable bonds is 3. The second-order valence-electron chi connectivity index (χ2n) is 3.64. The van der Waals surface area contributed by atoms with Crippen molar-refractivity contribution in [2.75, 3.05) is 10.5 Å². The maximum absolute atomic E-state index is 12.2. The number of benzene rings is 1. The van der Waals surface area contributed by atoms with Crippen LogP contribution in [0.25, 0.3) is 0 Å². The Morgan fingerprint density at radius 1 is 1.21 bits per heavy atom. The summed E-state index contributed by atoms with van der Waals surface area (Å²) in [7, 11) is -3.76. The fraction of sp³-hybridized carbons (Fsp3) is 0. The van der Waals surface area contributed by atoms with Gasteiger partial charge in [-0.25, -0.2) is 8.42 Å². The van der Waals surface area contributed by atoms with E-state index < -0.39 is 10.0 Å². The number of nitrogens with one attached hydrogen (secondary N) is 1. The average Bonchev–Trinajstić information content (AvgIpc) is 2.33. The van der Waals surface area contributed by atoms with Crippen molar-refractivity contribution < 1.29 is 8.42 Å². The zero-order chi connectivity index (χ0) is 14.0. The van der Waals surface area contributed by atoms with Crippen LogP contribution < -0.4 is 10.5 Å². The molecule has 19 heavy (non-hydrogen) atoms. The topological polar surface area (TPSA) is 85.1 Å². The van der Waals surface area contributed by atoms with Crippen LogP contribution in [-0.2, 0) is 10.0 Å². The monoisotopic (exact) mass is 405 g/mol. The molecule has 100 valence electrons. The molecular weight excluding hydrogens is 398 g/mol. The lowest BCUT2D eigenvalue weighted by Gasteiger charge is -2.11. The fourth-order valence-electron chi connectivity index (χ4n) is 1.39. The predicted octanol–water partition coefficient (Wildman–Crippen LogP) is 2.99. The summed E-state index contributed by atoms with van der Waals surface area (Å²) in [4.78, 5) is 3.72. The van der Waals surface area contributed by atoms with Crippen LogP contribution in [-0.4, -0.2) is 13.4 Å². The molecule has 0 aliphatic rings. The fourth-order valence-corrected chi connectivity index (χ4v) is 3.82. The summed E-state index contributed by atoms with van der Waals surface area (Å²) in [6.45, 7) is 0. The van der Waals surface area contributed by atoms with Gasteiger partial charge in [0, 0.05) is 21.3 Å². The number of aromatic nitrogens is 1. The number of hydrogen-bond donors (Lipinski definition) is 2. The third-order valence-electron chi connectivity index (χ3n) is 2.28. The molecule has 0 aliphatic heterocycles. The van der Waals surface area contributed by atoms with Gasteiger partial charge in [-0.1, -0.05) is 15.9 Å². The van der Waals surface area contributed by atoms with E-state index in [-0.39, 0.29) is 10.6 Å². The first-order valence-corrected chi connectivity index (χ1v) is 8.14. The van der Waals surface area contributed by atoms with Gasteiger partial charge in [0.05, 0.1) is 11.4 Å². The molecule has 8 heteroatoms. The second-order valence-corrected chi connectivity index (χ2v) is 7.06. The normalized spacial score (nSPS) is 11.3. The third kappa shape index (κ3) is 3.26. The lowest BCUT2D eigenvalue weighted by molar-refractivity contribution is 0.601. The van der Waals surface area contributed by atoms with Crippen LogP contribution in [0.4, 0.5) is 11.4 Å². The number of nitrogens with two attached hydrogens (primary N) is 1. The molecule has 1 aromatic carbocycles. The summed E-state index contributed by atoms with van der Waals surface area (Å²) in [5, 5.41) is 0. The lowest BCUT2D eigenvalue weighted by atomic mass is 10.3. The quantitative estimate of drug-likeness (QED) is 0.820. The molecular formula is C11H9Br2N3O2S. The Kier molecular flexibility index (Phi) is 4.12. The van der Waals surface area contributed by atoms with Crippen molar-refractivity contribution in [3.63, 3.8) is 0 Å². The average molecular weight is 407 g/mol. The van der Waals surface area contributed by atoms with Crippen molar-refractivity contribution in [3.8, 4) is 0 Å². The van der Waals surface area contributed by atoms with Gasteiger partial charge in [0.15, 0.2) is 0 Å². The van der Waals surface area contributed by atoms with E-state index in [1.807, 2.05) is 0 Å². The van der Waals surface area contributed by atoms with Gasteiger partial charge in [-0.3, -0.25) is 9.71 Å². The minimum absolute atomic E-state index is 0.0511. The van der Waals surface area contributed by atoms with Gasteiger partial charge >= 0.3 is 0 Å². The summed E-state index contributed by atoms with van der Waals surface area (Å²) < 4.78 is 28.3. The number of sulfonamides is 1. The zero-order valence-corrected chi connectivity index (χ0v) is 13.5. The van der Waals surface area contributed by atoms with Gasteiger partial charge < -0.3 is 5.73 Å². The smallest absolute Gasteiger partial charge is 0.265 e. The number of nitrogens with zero attached hydrogens (tertiary/aromatic N) is 1. The van der Waals surface area contributed by atoms with Crippen molar-refractivity contribution in [1.82, 2.24) is 4.98 Å². The minimum Gasteiger partial charge on any atom is -0.398 e. The Hall–Kier alpha value is -1.12. The number of anilines is 2. The number of hydrogen-bond acceptors (Lipinski definition) is 4. The highest BCUT2D eigenvalue weighted by Crippen LogP contribution is 2.29. The summed E-state index contributed by atoms with van der Waals surface area (Å²) in [5.74, 6) is 0. The van der Waals surface area contributed by atoms with E-state index in [1.165, 1.54) is 18.5 Å². The molecule has 0 amide bonds. The molecule has 0 radical (unpaired) electrons. The molecule has 2 aromatic rings. The molecule has 0 aliphatic carbocycles. The van der Waals surface area contributed by atoms with Crippen LogP contribution in [0.1, 0.15) is 0 Å². The molecule has 1 aromatic heterocycles. The van der Waals surface area contributed by atoms with Crippen LogP contribution in [0.3, 0.4) is 0 Å². The Labute approximate surface area is 127 Å². The Morgan fingerprint density at radius 2 is 1.95 bits per heavy atom. The highest BCUT2D eigenvalue weighted by Gasteiger charge is 2.18. The maximum atomic E-state index is 12.2. The van der Waals surface area contributed by atoms with Crippen LogP contribution in [0.5, 0.6) is 0 Å². The third-order valence-corrected chi connectivity index (χ3v) is 4.84. The van der Waals surface area contributed by atoms with E-state index in [9.17, 15) is 8.42 Å². The van der Waals surface area contributed by atoms with E-state index >= 15 is 0 Å². The number of halogens is 2. The Morgan fingerprint density at radius 3 is 2.58 bits per heavy atom. The molecule has 0 spiro atoms. The largest absolute Gasteiger partial charge is 0.398 e. The van der Waals surface area contributed by atoms with Gasteiger partial charge in [-0.15, -0.1) is 0 Å². The van der Waals surface area contributed by atoms with E-state index in [1.54, 1.807) is 18.2 Å². The van der Waals surface area contributed by atoms with Gasteiger partial charge in [0.25, 0.3) is 10.0 Å². The molecule has 3 N–H and O–H groups in total. The molecule has 0 atom stereocenters. The standard InChI is InChI=1S/C11H9Br2N3O2S/c12-7-1-2-10(8(13)5-7)16-19(17,18)11-6-15-4-3-9(11)14/h1-6,16H,(H2,14,15). The first-order valence-electron chi connectivity index (χ1n) is 5.07. The molecule has 0 saturated carbocycles. The summed E-state index contributed by atoms with van der Waals surface area (Å²) in [5.41, 5.74) is 6.22. The van der Waals surface area contributed by atoms with Gasteiger partial charge in [-0.05, 0) is 40.2 Å². The van der Waals surface area contributed by atoms with Crippen molar-refractivity contribution in [3.05, 3.63) is 45.6 Å². The zero-order valence-electron chi connectivity index (χ0n) is 9.47. The van der Waals surface area contributed by atoms with Gasteiger partial charge in [-0.2, -0.15) is 0 Å². The second kappa shape index (κ2) is 5.48. The SMILES string of the molecule is Nc1ccncc1S(=O)(=O)Nc1ccc(Br)cc1Br. The van der Waals surface area contributed by atoms with Crippen LogP contribution in [0.2, 0.25) is 0 Å². The molecule has 0 saturated heterocycles. The molecule has 1 heterocycles. The Bertz CT molecular complexity index is 720. The summed E-state index contributed by atoms with van der Waals surface area (Å²) >= 11 is 6.58. The first-order chi connectivity index (χ1) is 8.90. The molecule has 0 bridgehead atoms. The Balaban J connectivity index is 2.40. The number of pyridine rings is 1. The summed E-state index contributed by atoms with van der Waals surface area (Å²) in [6, 6.07) is 6.54. The molecule has 2 rings (SSSR count). The summed E-state index contributed by atoms with van der Waals surface area (Å²) in [6.07, 6.45) is 2.65. The molecule has 5 nitrogen and oxygen atoms in total. The van der Waals surface area contributed by atoms with E-state index in [4.69, 9.17) is 5.73 Å². The van der Waals surface area contributed by atoms with Gasteiger partial charge in [0.2, 0.25) is 0 Å². The number of nitrogen functional groups attached to an aromatic ring is 1. The lowest BCUT2D eigenvalue weighted by Crippen LogP contribution is -2.15. The van der Waals surface area contributed by atoms with Crippen LogP contribution in [0.15, 0.2) is 50.5 Å². The van der Waals surface area contributed by atoms with Crippen molar-refractivity contribution in [2.24, 2.45) is 0 Å². The van der Waals surface area contributed by atoms with Crippen LogP contribution in [0, 0.1) is 0 Å². The first kappa shape index (κ1) is 14.3. The highest BCUT2D eigenvalue weighted by atomic mass is 79.9. The minimum atomic E-state index is -3.76. The molecule has 0 fully saturated rings. The van der Waals surface area contributed by atoms with Crippen LogP contribution >= 0.6 is 31.9 Å². The van der Waals surface area contributed by atoms with Crippen molar-refractivity contribution in [2.45, 2.75) is 4.90 Å². The molecule has 0 unspecified atom stereocenters. The maximum Gasteiger partial charge on any atom is 0.265 e. The van der Waals surface area contributed by atoms with E-state index in [0.717, 1.165) is 4.47 Å².